The summed E-state index contributed by atoms with van der Waals surface area (Å²) >= 11 is 5.94. The topological polar surface area (TPSA) is 54.3 Å². The van der Waals surface area contributed by atoms with Crippen LogP contribution in [0.25, 0.3) is 10.9 Å². The Morgan fingerprint density at radius 3 is 3.00 bits per heavy atom. The number of nitrogens with zero attached hydrogens (tertiary/aromatic N) is 1. The van der Waals surface area contributed by atoms with Gasteiger partial charge in [-0.15, -0.1) is 0 Å². The van der Waals surface area contributed by atoms with Crippen LogP contribution in [0, 0.1) is 0 Å². The van der Waals surface area contributed by atoms with Gasteiger partial charge in [0.25, 0.3) is 0 Å². The number of fused-ring (bicyclic) bond motifs is 1. The maximum Gasteiger partial charge on any atom is 0.220 e. The third-order valence-electron chi connectivity index (χ3n) is 2.97. The zero-order valence-electron chi connectivity index (χ0n) is 10.6. The summed E-state index contributed by atoms with van der Waals surface area (Å²) in [7, 11) is 0. The number of nitrogens with one attached hydrogen (secondary N) is 1. The molecule has 0 radical (unpaired) electrons. The number of hydrogen-bond donors (Lipinski definition) is 2. The number of aliphatic hydroxyl groups excluding tert-OH is 1. The molecule has 0 saturated heterocycles. The van der Waals surface area contributed by atoms with E-state index in [-0.39, 0.29) is 12.5 Å². The summed E-state index contributed by atoms with van der Waals surface area (Å²) in [6.45, 7) is 1.09. The van der Waals surface area contributed by atoms with E-state index in [9.17, 15) is 4.79 Å². The van der Waals surface area contributed by atoms with Crippen molar-refractivity contribution in [2.24, 2.45) is 0 Å². The normalized spacial score (nSPS) is 10.8. The Morgan fingerprint density at radius 2 is 2.21 bits per heavy atom. The van der Waals surface area contributed by atoms with E-state index in [4.69, 9.17) is 16.7 Å². The van der Waals surface area contributed by atoms with Gasteiger partial charge in [0, 0.05) is 41.6 Å². The van der Waals surface area contributed by atoms with E-state index < -0.39 is 0 Å². The van der Waals surface area contributed by atoms with Crippen molar-refractivity contribution in [3.05, 3.63) is 35.5 Å². The number of carbonyl (C=O) groups excluding carboxylic acids is 1. The third-order valence-corrected chi connectivity index (χ3v) is 3.20. The first-order valence-electron chi connectivity index (χ1n) is 6.32. The van der Waals surface area contributed by atoms with Crippen LogP contribution in [0.5, 0.6) is 0 Å². The lowest BCUT2D eigenvalue weighted by Gasteiger charge is -2.06. The van der Waals surface area contributed by atoms with Crippen LogP contribution in [0.3, 0.4) is 0 Å². The molecule has 102 valence electrons. The SMILES string of the molecule is O=C(CCCn1ccc2cc(Cl)ccc21)NCCO. The van der Waals surface area contributed by atoms with Gasteiger partial charge in [0.15, 0.2) is 0 Å². The molecule has 0 aliphatic carbocycles. The summed E-state index contributed by atoms with van der Waals surface area (Å²) in [5.41, 5.74) is 1.13. The predicted octanol–water partition coefficient (Wildman–Crippen LogP) is 2.18. The van der Waals surface area contributed by atoms with E-state index in [0.29, 0.717) is 13.0 Å². The molecule has 0 unspecified atom stereocenters. The molecule has 4 nitrogen and oxygen atoms in total. The number of carbonyl (C=O) groups is 1. The van der Waals surface area contributed by atoms with Gasteiger partial charge in [-0.25, -0.2) is 0 Å². The second-order valence-corrected chi connectivity index (χ2v) is 4.83. The smallest absolute Gasteiger partial charge is 0.220 e. The Labute approximate surface area is 117 Å². The molecule has 5 heteroatoms. The van der Waals surface area contributed by atoms with Gasteiger partial charge in [0.05, 0.1) is 6.61 Å². The van der Waals surface area contributed by atoms with E-state index in [1.165, 1.54) is 0 Å². The quantitative estimate of drug-likeness (QED) is 0.852. The van der Waals surface area contributed by atoms with Crippen molar-refractivity contribution in [1.82, 2.24) is 9.88 Å². The van der Waals surface area contributed by atoms with Gasteiger partial charge in [-0.1, -0.05) is 11.6 Å². The van der Waals surface area contributed by atoms with E-state index in [1.54, 1.807) is 0 Å². The third kappa shape index (κ3) is 3.72. The Morgan fingerprint density at radius 1 is 1.37 bits per heavy atom. The number of benzene rings is 1. The summed E-state index contributed by atoms with van der Waals surface area (Å²) < 4.78 is 2.12. The average Bonchev–Trinajstić information content (AvgIpc) is 2.79. The first-order chi connectivity index (χ1) is 9.20. The first kappa shape index (κ1) is 13.9. The van der Waals surface area contributed by atoms with Crippen molar-refractivity contribution < 1.29 is 9.90 Å². The van der Waals surface area contributed by atoms with Crippen LogP contribution >= 0.6 is 11.6 Å². The number of hydrogen-bond acceptors (Lipinski definition) is 2. The number of aryl methyl sites for hydroxylation is 1. The van der Waals surface area contributed by atoms with Gasteiger partial charge in [0.2, 0.25) is 5.91 Å². The Hall–Kier alpha value is -1.52. The highest BCUT2D eigenvalue weighted by molar-refractivity contribution is 6.31. The molecule has 0 saturated carbocycles. The molecule has 1 amide bonds. The number of amides is 1. The minimum atomic E-state index is -0.0199. The lowest BCUT2D eigenvalue weighted by Crippen LogP contribution is -2.26. The van der Waals surface area contributed by atoms with E-state index in [1.807, 2.05) is 30.5 Å². The monoisotopic (exact) mass is 280 g/mol. The van der Waals surface area contributed by atoms with Crippen LogP contribution in [0.1, 0.15) is 12.8 Å². The Balaban J connectivity index is 1.90. The van der Waals surface area contributed by atoms with Crippen molar-refractivity contribution in [2.45, 2.75) is 19.4 Å². The Bertz CT molecular complexity index is 566. The number of aliphatic hydroxyl groups is 1. The largest absolute Gasteiger partial charge is 0.395 e. The van der Waals surface area contributed by atoms with Gasteiger partial charge in [-0.05, 0) is 30.7 Å². The summed E-state index contributed by atoms with van der Waals surface area (Å²) in [6.07, 6.45) is 3.24. The van der Waals surface area contributed by atoms with E-state index >= 15 is 0 Å². The molecule has 2 aromatic rings. The fraction of sp³-hybridized carbons (Fsp3) is 0.357. The van der Waals surface area contributed by atoms with E-state index in [0.717, 1.165) is 28.9 Å². The van der Waals surface area contributed by atoms with Crippen molar-refractivity contribution in [3.8, 4) is 0 Å². The van der Waals surface area contributed by atoms with Gasteiger partial charge in [-0.2, -0.15) is 0 Å². The van der Waals surface area contributed by atoms with Crippen molar-refractivity contribution in [2.75, 3.05) is 13.2 Å². The average molecular weight is 281 g/mol. The molecule has 0 atom stereocenters. The van der Waals surface area contributed by atoms with Crippen molar-refractivity contribution in [3.63, 3.8) is 0 Å². The van der Waals surface area contributed by atoms with Crippen LogP contribution in [-0.2, 0) is 11.3 Å². The summed E-state index contributed by atoms with van der Waals surface area (Å²) in [6, 6.07) is 7.81. The molecule has 0 bridgehead atoms. The molecule has 1 aromatic carbocycles. The van der Waals surface area contributed by atoms with Crippen LogP contribution in [0.4, 0.5) is 0 Å². The summed E-state index contributed by atoms with van der Waals surface area (Å²) in [5.74, 6) is -0.0199. The van der Waals surface area contributed by atoms with Crippen LogP contribution in [0.2, 0.25) is 5.02 Å². The highest BCUT2D eigenvalue weighted by atomic mass is 35.5. The minimum Gasteiger partial charge on any atom is -0.395 e. The molecule has 0 spiro atoms. The van der Waals surface area contributed by atoms with Crippen molar-refractivity contribution >= 4 is 28.4 Å². The number of aromatic nitrogens is 1. The first-order valence-corrected chi connectivity index (χ1v) is 6.70. The van der Waals surface area contributed by atoms with Gasteiger partial charge < -0.3 is 15.0 Å². The molecule has 1 aromatic heterocycles. The zero-order chi connectivity index (χ0) is 13.7. The Kier molecular flexibility index (Phi) is 4.82. The van der Waals surface area contributed by atoms with Crippen molar-refractivity contribution in [1.29, 1.82) is 0 Å². The molecule has 0 aliphatic heterocycles. The van der Waals surface area contributed by atoms with Crippen LogP contribution in [-0.4, -0.2) is 28.7 Å². The maximum atomic E-state index is 11.4. The van der Waals surface area contributed by atoms with E-state index in [2.05, 4.69) is 9.88 Å². The summed E-state index contributed by atoms with van der Waals surface area (Å²) in [4.78, 5) is 11.4. The standard InChI is InChI=1S/C14H17ClN2O2/c15-12-3-4-13-11(10-12)5-8-17(13)7-1-2-14(19)16-6-9-18/h3-5,8,10,18H,1-2,6-7,9H2,(H,16,19). The lowest BCUT2D eigenvalue weighted by atomic mass is 10.2. The highest BCUT2D eigenvalue weighted by Gasteiger charge is 2.03. The molecule has 0 aliphatic rings. The lowest BCUT2D eigenvalue weighted by molar-refractivity contribution is -0.121. The summed E-state index contributed by atoms with van der Waals surface area (Å²) in [5, 5.41) is 13.1. The predicted molar refractivity (Wildman–Crippen MR) is 76.3 cm³/mol. The minimum absolute atomic E-state index is 0.0191. The fourth-order valence-electron chi connectivity index (χ4n) is 2.06. The molecule has 1 heterocycles. The molecular formula is C14H17ClN2O2. The molecule has 19 heavy (non-hydrogen) atoms. The number of halogens is 1. The van der Waals surface area contributed by atoms with Gasteiger partial charge in [0.1, 0.15) is 0 Å². The molecule has 0 fully saturated rings. The zero-order valence-corrected chi connectivity index (χ0v) is 11.4. The number of rotatable bonds is 6. The van der Waals surface area contributed by atoms with Crippen LogP contribution in [0.15, 0.2) is 30.5 Å². The molecule has 2 N–H and O–H groups in total. The highest BCUT2D eigenvalue weighted by Crippen LogP contribution is 2.20. The second kappa shape index (κ2) is 6.59. The maximum absolute atomic E-state index is 11.4. The van der Waals surface area contributed by atoms with Crippen LogP contribution < -0.4 is 5.32 Å². The fourth-order valence-corrected chi connectivity index (χ4v) is 2.24. The van der Waals surface area contributed by atoms with Gasteiger partial charge in [-0.3, -0.25) is 4.79 Å². The van der Waals surface area contributed by atoms with Gasteiger partial charge >= 0.3 is 0 Å². The molecule has 2 rings (SSSR count). The second-order valence-electron chi connectivity index (χ2n) is 4.39. The molecular weight excluding hydrogens is 264 g/mol.